The zero-order chi connectivity index (χ0) is 12.3. The van der Waals surface area contributed by atoms with Gasteiger partial charge in [0.15, 0.2) is 14.6 Å². The standard InChI is InChI=1S/C12H18O4S/c1-17(14,15)12(4-5-12)11(13)16-10-7-8-2-3-9(10)6-8/h8-10H,2-7H2,1H3. The minimum Gasteiger partial charge on any atom is -0.461 e. The van der Waals surface area contributed by atoms with Crippen LogP contribution in [0.15, 0.2) is 0 Å². The van der Waals surface area contributed by atoms with Gasteiger partial charge in [-0.15, -0.1) is 0 Å². The van der Waals surface area contributed by atoms with Crippen LogP contribution in [-0.4, -0.2) is 31.5 Å². The average molecular weight is 258 g/mol. The highest BCUT2D eigenvalue weighted by Crippen LogP contribution is 2.49. The molecule has 0 aliphatic heterocycles. The molecular formula is C12H18O4S. The van der Waals surface area contributed by atoms with Crippen LogP contribution >= 0.6 is 0 Å². The number of rotatable bonds is 3. The first kappa shape index (κ1) is 11.5. The van der Waals surface area contributed by atoms with Crippen LogP contribution in [0, 0.1) is 11.8 Å². The van der Waals surface area contributed by atoms with E-state index >= 15 is 0 Å². The van der Waals surface area contributed by atoms with E-state index in [-0.39, 0.29) is 6.10 Å². The monoisotopic (exact) mass is 258 g/mol. The number of hydrogen-bond donors (Lipinski definition) is 0. The molecule has 0 radical (unpaired) electrons. The Balaban J connectivity index is 1.69. The number of ether oxygens (including phenoxy) is 1. The SMILES string of the molecule is CS(=O)(=O)C1(C(=O)OC2CC3CCC2C3)CC1. The Hall–Kier alpha value is -0.580. The molecule has 3 fully saturated rings. The first-order chi connectivity index (χ1) is 7.92. The lowest BCUT2D eigenvalue weighted by molar-refractivity contribution is -0.151. The number of fused-ring (bicyclic) bond motifs is 2. The van der Waals surface area contributed by atoms with Crippen LogP contribution < -0.4 is 0 Å². The van der Waals surface area contributed by atoms with E-state index in [1.54, 1.807) is 0 Å². The highest BCUT2D eigenvalue weighted by molar-refractivity contribution is 7.93. The summed E-state index contributed by atoms with van der Waals surface area (Å²) >= 11 is 0. The second kappa shape index (κ2) is 3.46. The fourth-order valence-electron chi connectivity index (χ4n) is 3.42. The molecule has 3 unspecified atom stereocenters. The van der Waals surface area contributed by atoms with Crippen molar-refractivity contribution >= 4 is 15.8 Å². The molecule has 3 aliphatic carbocycles. The molecule has 3 atom stereocenters. The summed E-state index contributed by atoms with van der Waals surface area (Å²) in [5.41, 5.74) is 0. The molecule has 3 saturated carbocycles. The minimum absolute atomic E-state index is 0.0134. The maximum Gasteiger partial charge on any atom is 0.327 e. The van der Waals surface area contributed by atoms with E-state index < -0.39 is 20.6 Å². The van der Waals surface area contributed by atoms with E-state index in [9.17, 15) is 13.2 Å². The predicted molar refractivity (Wildman–Crippen MR) is 62.1 cm³/mol. The summed E-state index contributed by atoms with van der Waals surface area (Å²) in [5, 5.41) is 0. The Labute approximate surface area is 102 Å². The molecule has 3 aliphatic rings. The van der Waals surface area contributed by atoms with Gasteiger partial charge in [-0.3, -0.25) is 4.79 Å². The smallest absolute Gasteiger partial charge is 0.327 e. The largest absolute Gasteiger partial charge is 0.461 e. The molecular weight excluding hydrogens is 240 g/mol. The topological polar surface area (TPSA) is 60.4 Å². The Morgan fingerprint density at radius 3 is 2.35 bits per heavy atom. The van der Waals surface area contributed by atoms with Crippen molar-refractivity contribution in [1.29, 1.82) is 0 Å². The zero-order valence-corrected chi connectivity index (χ0v) is 10.8. The van der Waals surface area contributed by atoms with Crippen molar-refractivity contribution in [3.05, 3.63) is 0 Å². The van der Waals surface area contributed by atoms with Gasteiger partial charge in [-0.05, 0) is 50.4 Å². The molecule has 0 spiro atoms. The highest BCUT2D eigenvalue weighted by atomic mass is 32.2. The van der Waals surface area contributed by atoms with Gasteiger partial charge in [-0.2, -0.15) is 0 Å². The van der Waals surface area contributed by atoms with Crippen molar-refractivity contribution < 1.29 is 17.9 Å². The quantitative estimate of drug-likeness (QED) is 0.716. The zero-order valence-electron chi connectivity index (χ0n) is 10.0. The fourth-order valence-corrected chi connectivity index (χ4v) is 4.61. The Bertz CT molecular complexity index is 449. The number of esters is 1. The average Bonchev–Trinajstić information content (AvgIpc) is 2.83. The molecule has 96 valence electrons. The van der Waals surface area contributed by atoms with Crippen molar-refractivity contribution in [1.82, 2.24) is 0 Å². The molecule has 0 saturated heterocycles. The third-order valence-electron chi connectivity index (χ3n) is 4.72. The van der Waals surface area contributed by atoms with E-state index in [4.69, 9.17) is 4.74 Å². The van der Waals surface area contributed by atoms with E-state index in [1.165, 1.54) is 6.42 Å². The molecule has 5 heteroatoms. The van der Waals surface area contributed by atoms with Gasteiger partial charge < -0.3 is 4.74 Å². The lowest BCUT2D eigenvalue weighted by Gasteiger charge is -2.24. The van der Waals surface area contributed by atoms with Crippen molar-refractivity contribution in [3.8, 4) is 0 Å². The molecule has 2 bridgehead atoms. The van der Waals surface area contributed by atoms with Gasteiger partial charge in [0.05, 0.1) is 0 Å². The summed E-state index contributed by atoms with van der Waals surface area (Å²) in [4.78, 5) is 12.0. The lowest BCUT2D eigenvalue weighted by atomic mass is 9.98. The predicted octanol–water partition coefficient (Wildman–Crippen LogP) is 1.30. The van der Waals surface area contributed by atoms with Crippen LogP contribution in [0.5, 0.6) is 0 Å². The van der Waals surface area contributed by atoms with Crippen LogP contribution in [0.1, 0.15) is 38.5 Å². The maximum absolute atomic E-state index is 12.0. The molecule has 3 rings (SSSR count). The molecule has 17 heavy (non-hydrogen) atoms. The molecule has 0 amide bonds. The summed E-state index contributed by atoms with van der Waals surface area (Å²) < 4.78 is 27.5. The van der Waals surface area contributed by atoms with Gasteiger partial charge in [0.1, 0.15) is 6.10 Å². The van der Waals surface area contributed by atoms with E-state index in [0.717, 1.165) is 25.5 Å². The summed E-state index contributed by atoms with van der Waals surface area (Å²) in [7, 11) is -3.32. The Morgan fingerprint density at radius 2 is 1.94 bits per heavy atom. The van der Waals surface area contributed by atoms with Crippen LogP contribution in [0.4, 0.5) is 0 Å². The van der Waals surface area contributed by atoms with E-state index in [0.29, 0.717) is 24.7 Å². The molecule has 0 N–H and O–H groups in total. The van der Waals surface area contributed by atoms with Crippen molar-refractivity contribution in [2.45, 2.75) is 49.4 Å². The second-order valence-corrected chi connectivity index (χ2v) is 8.21. The van der Waals surface area contributed by atoms with Crippen molar-refractivity contribution in [2.24, 2.45) is 11.8 Å². The first-order valence-corrected chi connectivity index (χ1v) is 8.22. The first-order valence-electron chi connectivity index (χ1n) is 6.33. The van der Waals surface area contributed by atoms with Gasteiger partial charge in [0.25, 0.3) is 0 Å². The second-order valence-electron chi connectivity index (χ2n) is 5.89. The van der Waals surface area contributed by atoms with Crippen molar-refractivity contribution in [2.75, 3.05) is 6.26 Å². The van der Waals surface area contributed by atoms with Gasteiger partial charge >= 0.3 is 5.97 Å². The summed E-state index contributed by atoms with van der Waals surface area (Å²) in [6.45, 7) is 0. The van der Waals surface area contributed by atoms with E-state index in [2.05, 4.69) is 0 Å². The maximum atomic E-state index is 12.0. The number of hydrogen-bond acceptors (Lipinski definition) is 4. The van der Waals surface area contributed by atoms with Crippen LogP contribution in [0.2, 0.25) is 0 Å². The van der Waals surface area contributed by atoms with Gasteiger partial charge in [0, 0.05) is 6.26 Å². The third kappa shape index (κ3) is 1.70. The third-order valence-corrected chi connectivity index (χ3v) is 6.71. The number of carbonyl (C=O) groups excluding carboxylic acids is 1. The summed E-state index contributed by atoms with van der Waals surface area (Å²) in [6, 6.07) is 0. The summed E-state index contributed by atoms with van der Waals surface area (Å²) in [6.07, 6.45) is 6.48. The fraction of sp³-hybridized carbons (Fsp3) is 0.917. The Morgan fingerprint density at radius 1 is 1.24 bits per heavy atom. The summed E-state index contributed by atoms with van der Waals surface area (Å²) in [5.74, 6) is 0.697. The molecule has 0 aromatic carbocycles. The van der Waals surface area contributed by atoms with E-state index in [1.807, 2.05) is 0 Å². The minimum atomic E-state index is -3.32. The Kier molecular flexibility index (Phi) is 2.35. The van der Waals surface area contributed by atoms with Gasteiger partial charge in [-0.25, -0.2) is 8.42 Å². The van der Waals surface area contributed by atoms with Gasteiger partial charge in [0.2, 0.25) is 0 Å². The normalized spacial score (nSPS) is 38.1. The number of carbonyl (C=O) groups is 1. The van der Waals surface area contributed by atoms with Crippen molar-refractivity contribution in [3.63, 3.8) is 0 Å². The number of sulfone groups is 1. The van der Waals surface area contributed by atoms with Gasteiger partial charge in [-0.1, -0.05) is 0 Å². The lowest BCUT2D eigenvalue weighted by Crippen LogP contribution is -2.37. The molecule has 0 heterocycles. The van der Waals surface area contributed by atoms with Crippen LogP contribution in [-0.2, 0) is 19.4 Å². The highest BCUT2D eigenvalue weighted by Gasteiger charge is 2.61. The molecule has 0 aromatic heterocycles. The molecule has 4 nitrogen and oxygen atoms in total. The van der Waals surface area contributed by atoms with Crippen LogP contribution in [0.3, 0.4) is 0 Å². The van der Waals surface area contributed by atoms with Crippen LogP contribution in [0.25, 0.3) is 0 Å². The molecule has 0 aromatic rings.